The predicted molar refractivity (Wildman–Crippen MR) is 60.3 cm³/mol. The monoisotopic (exact) mass is 199 g/mol. The van der Waals surface area contributed by atoms with Crippen molar-refractivity contribution < 1.29 is 5.11 Å². The number of nitrogens with one attached hydrogen (secondary N) is 1. The molecular formula is C12H25NO. The van der Waals surface area contributed by atoms with E-state index in [4.69, 9.17) is 0 Å². The van der Waals surface area contributed by atoms with Crippen molar-refractivity contribution in [1.82, 2.24) is 5.32 Å². The van der Waals surface area contributed by atoms with Crippen LogP contribution in [0.25, 0.3) is 0 Å². The van der Waals surface area contributed by atoms with Gasteiger partial charge in [-0.1, -0.05) is 33.6 Å². The van der Waals surface area contributed by atoms with E-state index in [1.165, 1.54) is 12.8 Å². The molecule has 0 aromatic carbocycles. The zero-order valence-corrected chi connectivity index (χ0v) is 9.84. The van der Waals surface area contributed by atoms with Gasteiger partial charge in [-0.05, 0) is 31.2 Å². The van der Waals surface area contributed by atoms with E-state index < -0.39 is 0 Å². The van der Waals surface area contributed by atoms with Gasteiger partial charge in [-0.15, -0.1) is 0 Å². The minimum absolute atomic E-state index is 0.00762. The van der Waals surface area contributed by atoms with Crippen LogP contribution < -0.4 is 5.32 Å². The Balaban J connectivity index is 2.64. The van der Waals surface area contributed by atoms with Gasteiger partial charge in [-0.3, -0.25) is 0 Å². The number of hydrogen-bond acceptors (Lipinski definition) is 2. The first-order valence-corrected chi connectivity index (χ1v) is 6.02. The van der Waals surface area contributed by atoms with E-state index in [-0.39, 0.29) is 5.54 Å². The van der Waals surface area contributed by atoms with E-state index >= 15 is 0 Å². The Bertz CT molecular complexity index is 172. The summed E-state index contributed by atoms with van der Waals surface area (Å²) in [4.78, 5) is 0. The molecule has 0 amide bonds. The van der Waals surface area contributed by atoms with E-state index in [0.717, 1.165) is 25.3 Å². The highest BCUT2D eigenvalue weighted by molar-refractivity contribution is 4.97. The molecule has 0 spiro atoms. The first kappa shape index (κ1) is 12.0. The van der Waals surface area contributed by atoms with Crippen molar-refractivity contribution >= 4 is 0 Å². The van der Waals surface area contributed by atoms with Crippen molar-refractivity contribution in [2.24, 2.45) is 11.8 Å². The molecule has 14 heavy (non-hydrogen) atoms. The molecule has 2 heteroatoms. The Morgan fingerprint density at radius 3 is 2.71 bits per heavy atom. The number of aliphatic hydroxyl groups excluding tert-OH is 1. The molecule has 1 aliphatic rings. The van der Waals surface area contributed by atoms with Gasteiger partial charge in [-0.2, -0.15) is 0 Å². The average Bonchev–Trinajstić information content (AvgIpc) is 2.21. The minimum Gasteiger partial charge on any atom is -0.394 e. The maximum absolute atomic E-state index is 9.59. The molecular weight excluding hydrogens is 174 g/mol. The summed E-state index contributed by atoms with van der Waals surface area (Å²) in [6.07, 6.45) is 4.84. The van der Waals surface area contributed by atoms with Crippen LogP contribution in [0.4, 0.5) is 0 Å². The summed E-state index contributed by atoms with van der Waals surface area (Å²) in [6.45, 7) is 8.08. The van der Waals surface area contributed by atoms with Crippen LogP contribution in [0.1, 0.15) is 46.5 Å². The van der Waals surface area contributed by atoms with Gasteiger partial charge in [0.2, 0.25) is 0 Å². The van der Waals surface area contributed by atoms with E-state index in [9.17, 15) is 5.11 Å². The molecule has 2 nitrogen and oxygen atoms in total. The second-order valence-corrected chi connectivity index (χ2v) is 4.90. The van der Waals surface area contributed by atoms with Crippen molar-refractivity contribution in [3.05, 3.63) is 0 Å². The number of rotatable bonds is 4. The van der Waals surface area contributed by atoms with Gasteiger partial charge >= 0.3 is 0 Å². The second kappa shape index (κ2) is 5.13. The van der Waals surface area contributed by atoms with E-state index in [1.54, 1.807) is 0 Å². The van der Waals surface area contributed by atoms with Crippen LogP contribution in [0.15, 0.2) is 0 Å². The van der Waals surface area contributed by atoms with Gasteiger partial charge in [0.15, 0.2) is 0 Å². The summed E-state index contributed by atoms with van der Waals surface area (Å²) in [5.41, 5.74) is 0.00762. The predicted octanol–water partition coefficient (Wildman–Crippen LogP) is 2.17. The normalized spacial score (nSPS) is 38.6. The molecule has 3 atom stereocenters. The second-order valence-electron chi connectivity index (χ2n) is 4.90. The fraction of sp³-hybridized carbons (Fsp3) is 1.00. The highest BCUT2D eigenvalue weighted by Crippen LogP contribution is 2.37. The first-order valence-electron chi connectivity index (χ1n) is 6.02. The molecule has 0 bridgehead atoms. The highest BCUT2D eigenvalue weighted by Gasteiger charge is 2.40. The lowest BCUT2D eigenvalue weighted by Crippen LogP contribution is -2.57. The van der Waals surface area contributed by atoms with Crippen LogP contribution in [0.5, 0.6) is 0 Å². The third kappa shape index (κ3) is 2.29. The maximum atomic E-state index is 9.59. The molecule has 2 N–H and O–H groups in total. The lowest BCUT2D eigenvalue weighted by atomic mass is 9.68. The average molecular weight is 199 g/mol. The Morgan fingerprint density at radius 2 is 2.14 bits per heavy atom. The molecule has 0 saturated heterocycles. The van der Waals surface area contributed by atoms with Gasteiger partial charge in [0.25, 0.3) is 0 Å². The Labute approximate surface area is 88.1 Å². The quantitative estimate of drug-likeness (QED) is 0.727. The van der Waals surface area contributed by atoms with Crippen LogP contribution >= 0.6 is 0 Å². The van der Waals surface area contributed by atoms with Gasteiger partial charge in [0.1, 0.15) is 0 Å². The largest absolute Gasteiger partial charge is 0.394 e. The van der Waals surface area contributed by atoms with Crippen molar-refractivity contribution in [3.63, 3.8) is 0 Å². The van der Waals surface area contributed by atoms with Gasteiger partial charge < -0.3 is 10.4 Å². The summed E-state index contributed by atoms with van der Waals surface area (Å²) in [5.74, 6) is 1.33. The van der Waals surface area contributed by atoms with Crippen molar-refractivity contribution in [1.29, 1.82) is 0 Å². The third-order valence-corrected chi connectivity index (χ3v) is 4.02. The topological polar surface area (TPSA) is 32.3 Å². The molecule has 0 aliphatic heterocycles. The lowest BCUT2D eigenvalue weighted by molar-refractivity contribution is 0.0456. The van der Waals surface area contributed by atoms with Crippen LogP contribution in [0.2, 0.25) is 0 Å². The highest BCUT2D eigenvalue weighted by atomic mass is 16.3. The zero-order chi connectivity index (χ0) is 10.6. The van der Waals surface area contributed by atoms with Gasteiger partial charge in [-0.25, -0.2) is 0 Å². The summed E-state index contributed by atoms with van der Waals surface area (Å²) < 4.78 is 0. The number of hydrogen-bond donors (Lipinski definition) is 2. The summed E-state index contributed by atoms with van der Waals surface area (Å²) in [7, 11) is 0. The molecule has 1 fully saturated rings. The number of aliphatic hydroxyl groups is 1. The fourth-order valence-corrected chi connectivity index (χ4v) is 2.66. The molecule has 84 valence electrons. The Kier molecular flexibility index (Phi) is 4.39. The van der Waals surface area contributed by atoms with E-state index in [1.807, 2.05) is 0 Å². The lowest BCUT2D eigenvalue weighted by Gasteiger charge is -2.45. The SMILES string of the molecule is CCCNC1(CO)CCCC(C)C1C. The molecule has 1 aliphatic carbocycles. The molecule has 0 radical (unpaired) electrons. The van der Waals surface area contributed by atoms with Gasteiger partial charge in [0, 0.05) is 5.54 Å². The van der Waals surface area contributed by atoms with E-state index in [2.05, 4.69) is 26.1 Å². The van der Waals surface area contributed by atoms with Gasteiger partial charge in [0.05, 0.1) is 6.61 Å². The van der Waals surface area contributed by atoms with Crippen LogP contribution in [0.3, 0.4) is 0 Å². The van der Waals surface area contributed by atoms with Crippen LogP contribution in [-0.4, -0.2) is 23.8 Å². The summed E-state index contributed by atoms with van der Waals surface area (Å²) in [6, 6.07) is 0. The Morgan fingerprint density at radius 1 is 1.43 bits per heavy atom. The Hall–Kier alpha value is -0.0800. The smallest absolute Gasteiger partial charge is 0.0616 e. The van der Waals surface area contributed by atoms with Crippen LogP contribution in [0, 0.1) is 11.8 Å². The van der Waals surface area contributed by atoms with Crippen LogP contribution in [-0.2, 0) is 0 Å². The molecule has 3 unspecified atom stereocenters. The molecule has 0 aromatic rings. The minimum atomic E-state index is 0.00762. The first-order chi connectivity index (χ1) is 6.66. The molecule has 0 heterocycles. The summed E-state index contributed by atoms with van der Waals surface area (Å²) in [5, 5.41) is 13.2. The summed E-state index contributed by atoms with van der Waals surface area (Å²) >= 11 is 0. The van der Waals surface area contributed by atoms with Crippen molar-refractivity contribution in [3.8, 4) is 0 Å². The maximum Gasteiger partial charge on any atom is 0.0616 e. The van der Waals surface area contributed by atoms with Crippen molar-refractivity contribution in [2.45, 2.75) is 52.0 Å². The molecule has 0 aromatic heterocycles. The molecule has 1 saturated carbocycles. The standard InChI is InChI=1S/C12H25NO/c1-4-8-13-12(9-14)7-5-6-10(2)11(12)3/h10-11,13-14H,4-9H2,1-3H3. The molecule has 1 rings (SSSR count). The van der Waals surface area contributed by atoms with E-state index in [0.29, 0.717) is 12.5 Å². The zero-order valence-electron chi connectivity index (χ0n) is 9.84. The van der Waals surface area contributed by atoms with Crippen molar-refractivity contribution in [2.75, 3.05) is 13.2 Å². The third-order valence-electron chi connectivity index (χ3n) is 4.02. The fourth-order valence-electron chi connectivity index (χ4n) is 2.66.